The van der Waals surface area contributed by atoms with Gasteiger partial charge in [0.15, 0.2) is 6.61 Å². The molecule has 0 radical (unpaired) electrons. The minimum Gasteiger partial charge on any atom is -0.452 e. The number of halogens is 1. The molecule has 120 valence electrons. The molecular weight excluding hydrogens is 285 g/mol. The summed E-state index contributed by atoms with van der Waals surface area (Å²) in [7, 11) is 0. The summed E-state index contributed by atoms with van der Waals surface area (Å²) < 4.78 is 17.7. The van der Waals surface area contributed by atoms with Gasteiger partial charge in [0.05, 0.1) is 5.56 Å². The molecule has 0 heterocycles. The van der Waals surface area contributed by atoms with Crippen molar-refractivity contribution in [1.29, 1.82) is 0 Å². The molecule has 1 aliphatic rings. The maximum absolute atomic E-state index is 12.8. The highest BCUT2D eigenvalue weighted by Gasteiger charge is 2.28. The number of amides is 1. The lowest BCUT2D eigenvalue weighted by molar-refractivity contribution is -0.125. The molecule has 2 rings (SSSR count). The average molecular weight is 307 g/mol. The first-order valence-corrected chi connectivity index (χ1v) is 7.69. The fourth-order valence-corrected chi connectivity index (χ4v) is 2.83. The van der Waals surface area contributed by atoms with Crippen LogP contribution in [0.25, 0.3) is 0 Å². The number of ether oxygens (including phenoxy) is 1. The van der Waals surface area contributed by atoms with Crippen molar-refractivity contribution < 1.29 is 18.7 Å². The van der Waals surface area contributed by atoms with E-state index in [2.05, 4.69) is 19.2 Å². The Morgan fingerprint density at radius 1 is 1.23 bits per heavy atom. The van der Waals surface area contributed by atoms with Gasteiger partial charge in [0.25, 0.3) is 5.91 Å². The predicted molar refractivity (Wildman–Crippen MR) is 80.8 cm³/mol. The molecule has 5 heteroatoms. The average Bonchev–Trinajstić information content (AvgIpc) is 2.50. The van der Waals surface area contributed by atoms with Crippen molar-refractivity contribution in [3.63, 3.8) is 0 Å². The fourth-order valence-electron chi connectivity index (χ4n) is 2.83. The Morgan fingerprint density at radius 2 is 1.91 bits per heavy atom. The summed E-state index contributed by atoms with van der Waals surface area (Å²) in [6.45, 7) is 4.02. The molecule has 0 bridgehead atoms. The molecule has 1 N–H and O–H groups in total. The highest BCUT2D eigenvalue weighted by atomic mass is 19.1. The lowest BCUT2D eigenvalue weighted by atomic mass is 9.78. The van der Waals surface area contributed by atoms with Gasteiger partial charge in [-0.3, -0.25) is 4.79 Å². The zero-order chi connectivity index (χ0) is 16.1. The van der Waals surface area contributed by atoms with Crippen LogP contribution in [0.3, 0.4) is 0 Å². The quantitative estimate of drug-likeness (QED) is 0.870. The van der Waals surface area contributed by atoms with Crippen LogP contribution >= 0.6 is 0 Å². The van der Waals surface area contributed by atoms with Gasteiger partial charge >= 0.3 is 5.97 Å². The number of esters is 1. The van der Waals surface area contributed by atoms with Gasteiger partial charge < -0.3 is 10.1 Å². The van der Waals surface area contributed by atoms with Crippen LogP contribution in [0.15, 0.2) is 24.3 Å². The summed E-state index contributed by atoms with van der Waals surface area (Å²) >= 11 is 0. The minimum absolute atomic E-state index is 0.140. The number of carbonyl (C=O) groups is 2. The maximum atomic E-state index is 12.8. The van der Waals surface area contributed by atoms with E-state index in [0.29, 0.717) is 11.8 Å². The summed E-state index contributed by atoms with van der Waals surface area (Å²) in [5.41, 5.74) is 0.230. The number of nitrogens with one attached hydrogen (secondary N) is 1. The van der Waals surface area contributed by atoms with Crippen LogP contribution in [-0.2, 0) is 9.53 Å². The lowest BCUT2D eigenvalue weighted by Gasteiger charge is -2.34. The third-order valence-electron chi connectivity index (χ3n) is 4.47. The van der Waals surface area contributed by atoms with E-state index in [1.165, 1.54) is 30.7 Å². The standard InChI is InChI=1S/C17H22FNO3/c1-11-4-3-5-15(12(11)2)19-16(20)10-22-17(21)13-6-8-14(18)9-7-13/h6-9,11-12,15H,3-5,10H2,1-2H3,(H,19,20)/t11-,12+,15+/m0/s1. The first-order valence-electron chi connectivity index (χ1n) is 7.69. The van der Waals surface area contributed by atoms with Crippen LogP contribution in [0, 0.1) is 17.7 Å². The van der Waals surface area contributed by atoms with Gasteiger partial charge in [-0.2, -0.15) is 0 Å². The van der Waals surface area contributed by atoms with Crippen LogP contribution in [0.4, 0.5) is 4.39 Å². The van der Waals surface area contributed by atoms with Crippen LogP contribution in [0.5, 0.6) is 0 Å². The second-order valence-corrected chi connectivity index (χ2v) is 6.02. The van der Waals surface area contributed by atoms with Crippen molar-refractivity contribution in [2.24, 2.45) is 11.8 Å². The number of carbonyl (C=O) groups excluding carboxylic acids is 2. The second-order valence-electron chi connectivity index (χ2n) is 6.02. The number of hydrogen-bond acceptors (Lipinski definition) is 3. The second kappa shape index (κ2) is 7.38. The van der Waals surface area contributed by atoms with E-state index in [1.807, 2.05) is 0 Å². The third-order valence-corrected chi connectivity index (χ3v) is 4.47. The molecule has 1 saturated carbocycles. The zero-order valence-corrected chi connectivity index (χ0v) is 13.0. The highest BCUT2D eigenvalue weighted by molar-refractivity contribution is 5.91. The van der Waals surface area contributed by atoms with Gasteiger partial charge in [-0.1, -0.05) is 26.7 Å². The maximum Gasteiger partial charge on any atom is 0.338 e. The molecule has 1 aliphatic carbocycles. The van der Waals surface area contributed by atoms with Crippen molar-refractivity contribution in [2.75, 3.05) is 6.61 Å². The molecule has 3 atom stereocenters. The molecule has 1 amide bonds. The Balaban J connectivity index is 1.80. The molecule has 1 aromatic rings. The predicted octanol–water partition coefficient (Wildman–Crippen LogP) is 2.92. The van der Waals surface area contributed by atoms with Crippen LogP contribution in [-0.4, -0.2) is 24.5 Å². The Morgan fingerprint density at radius 3 is 2.59 bits per heavy atom. The smallest absolute Gasteiger partial charge is 0.338 e. The lowest BCUT2D eigenvalue weighted by Crippen LogP contribution is -2.45. The largest absolute Gasteiger partial charge is 0.452 e. The Kier molecular flexibility index (Phi) is 5.52. The van der Waals surface area contributed by atoms with Gasteiger partial charge in [-0.25, -0.2) is 9.18 Å². The molecule has 0 unspecified atom stereocenters. The van der Waals surface area contributed by atoms with Gasteiger partial charge in [-0.05, 0) is 42.5 Å². The summed E-state index contributed by atoms with van der Waals surface area (Å²) in [5, 5.41) is 2.94. The van der Waals surface area contributed by atoms with E-state index >= 15 is 0 Å². The highest BCUT2D eigenvalue weighted by Crippen LogP contribution is 2.29. The van der Waals surface area contributed by atoms with Crippen molar-refractivity contribution >= 4 is 11.9 Å². The van der Waals surface area contributed by atoms with E-state index in [4.69, 9.17) is 4.74 Å². The van der Waals surface area contributed by atoms with Gasteiger partial charge in [0, 0.05) is 6.04 Å². The molecule has 1 aromatic carbocycles. The minimum atomic E-state index is -0.625. The first-order chi connectivity index (χ1) is 10.5. The fraction of sp³-hybridized carbons (Fsp3) is 0.529. The number of hydrogen-bond donors (Lipinski definition) is 1. The van der Waals surface area contributed by atoms with Gasteiger partial charge in [0.2, 0.25) is 0 Å². The Labute approximate surface area is 130 Å². The number of rotatable bonds is 4. The van der Waals surface area contributed by atoms with E-state index in [0.717, 1.165) is 12.8 Å². The van der Waals surface area contributed by atoms with E-state index in [1.54, 1.807) is 0 Å². The Bertz CT molecular complexity index is 529. The monoisotopic (exact) mass is 307 g/mol. The van der Waals surface area contributed by atoms with Crippen molar-refractivity contribution in [1.82, 2.24) is 5.32 Å². The molecular formula is C17H22FNO3. The van der Waals surface area contributed by atoms with Crippen LogP contribution < -0.4 is 5.32 Å². The van der Waals surface area contributed by atoms with Crippen molar-refractivity contribution in [3.05, 3.63) is 35.6 Å². The summed E-state index contributed by atoms with van der Waals surface area (Å²) in [6, 6.07) is 5.17. The van der Waals surface area contributed by atoms with E-state index in [9.17, 15) is 14.0 Å². The molecule has 0 aliphatic heterocycles. The molecule has 1 fully saturated rings. The van der Waals surface area contributed by atoms with Crippen molar-refractivity contribution in [2.45, 2.75) is 39.2 Å². The molecule has 22 heavy (non-hydrogen) atoms. The van der Waals surface area contributed by atoms with Crippen molar-refractivity contribution in [3.8, 4) is 0 Å². The van der Waals surface area contributed by atoms with Crippen LogP contribution in [0.1, 0.15) is 43.5 Å². The van der Waals surface area contributed by atoms with Gasteiger partial charge in [0.1, 0.15) is 5.82 Å². The topological polar surface area (TPSA) is 55.4 Å². The molecule has 0 spiro atoms. The molecule has 0 aromatic heterocycles. The van der Waals surface area contributed by atoms with E-state index < -0.39 is 11.8 Å². The number of benzene rings is 1. The summed E-state index contributed by atoms with van der Waals surface area (Å²) in [5.74, 6) is -0.331. The first kappa shape index (κ1) is 16.5. The third kappa shape index (κ3) is 4.29. The van der Waals surface area contributed by atoms with Gasteiger partial charge in [-0.15, -0.1) is 0 Å². The normalized spacial score (nSPS) is 24.6. The van der Waals surface area contributed by atoms with E-state index in [-0.39, 0.29) is 24.1 Å². The Hall–Kier alpha value is -1.91. The van der Waals surface area contributed by atoms with Crippen LogP contribution in [0.2, 0.25) is 0 Å². The molecule has 0 saturated heterocycles. The zero-order valence-electron chi connectivity index (χ0n) is 13.0. The summed E-state index contributed by atoms with van der Waals surface area (Å²) in [4.78, 5) is 23.6. The SMILES string of the molecule is C[C@@H]1[C@@H](C)CCC[C@H]1NC(=O)COC(=O)c1ccc(F)cc1. The molecule has 4 nitrogen and oxygen atoms in total. The summed E-state index contributed by atoms with van der Waals surface area (Å²) in [6.07, 6.45) is 3.25.